The first-order valence-electron chi connectivity index (χ1n) is 8.18. The van der Waals surface area contributed by atoms with Crippen LogP contribution in [-0.4, -0.2) is 32.4 Å². The number of benzene rings is 3. The fourth-order valence-corrected chi connectivity index (χ4v) is 3.31. The van der Waals surface area contributed by atoms with Gasteiger partial charge in [-0.3, -0.25) is 0 Å². The van der Waals surface area contributed by atoms with Crippen LogP contribution in [0.4, 0.5) is 0 Å². The molecule has 0 fully saturated rings. The highest BCUT2D eigenvalue weighted by molar-refractivity contribution is 6.16. The number of carboxylic acid groups (broad SMARTS) is 2. The molecule has 4 rings (SSSR count). The molecular formula is C21H13O7+. The Bertz CT molecular complexity index is 1200. The fourth-order valence-electron chi connectivity index (χ4n) is 3.31. The number of phenols is 2. The largest absolute Gasteiger partial charge is 0.508 e. The van der Waals surface area contributed by atoms with E-state index in [1.54, 1.807) is 0 Å². The molecule has 0 saturated carbocycles. The SMILES string of the molecule is O=C(O)c1cccc(C(=O)O)c1-c1c2ccc(O)cc2[o+]c2cc(O)ccc12. The standard InChI is InChI=1S/C21H12O7/c22-10-4-6-12-16(8-10)28-17-9-11(23)5-7-13(17)18(12)19-14(20(24)25)2-1-3-15(19)21(26)27/h1-9H,(H3-,22,23,24,25,26,27)/p+1. The van der Waals surface area contributed by atoms with E-state index in [4.69, 9.17) is 4.42 Å². The third kappa shape index (κ3) is 2.66. The van der Waals surface area contributed by atoms with E-state index < -0.39 is 11.9 Å². The van der Waals surface area contributed by atoms with Crippen LogP contribution in [0.3, 0.4) is 0 Å². The van der Waals surface area contributed by atoms with Gasteiger partial charge in [-0.1, -0.05) is 6.07 Å². The molecule has 7 nitrogen and oxygen atoms in total. The average Bonchev–Trinajstić information content (AvgIpc) is 2.65. The molecule has 138 valence electrons. The van der Waals surface area contributed by atoms with E-state index in [0.717, 1.165) is 0 Å². The molecule has 7 heteroatoms. The third-order valence-corrected chi connectivity index (χ3v) is 4.46. The van der Waals surface area contributed by atoms with Gasteiger partial charge in [-0.05, 0) is 36.4 Å². The van der Waals surface area contributed by atoms with Gasteiger partial charge in [-0.2, -0.15) is 0 Å². The van der Waals surface area contributed by atoms with Crippen molar-refractivity contribution in [3.05, 3.63) is 65.7 Å². The van der Waals surface area contributed by atoms with E-state index >= 15 is 0 Å². The lowest BCUT2D eigenvalue weighted by atomic mass is 9.89. The summed E-state index contributed by atoms with van der Waals surface area (Å²) in [7, 11) is 0. The van der Waals surface area contributed by atoms with Gasteiger partial charge in [-0.15, -0.1) is 0 Å². The molecular weight excluding hydrogens is 364 g/mol. The average molecular weight is 377 g/mol. The summed E-state index contributed by atoms with van der Waals surface area (Å²) in [6, 6.07) is 12.6. The summed E-state index contributed by atoms with van der Waals surface area (Å²) in [5, 5.41) is 39.8. The van der Waals surface area contributed by atoms with Crippen LogP contribution in [0.5, 0.6) is 11.5 Å². The second-order valence-electron chi connectivity index (χ2n) is 6.18. The Morgan fingerprint density at radius 3 is 1.57 bits per heavy atom. The minimum absolute atomic E-state index is 0.0182. The van der Waals surface area contributed by atoms with Crippen molar-refractivity contribution >= 4 is 33.9 Å². The molecule has 4 aromatic rings. The number of fused-ring (bicyclic) bond motifs is 2. The van der Waals surface area contributed by atoms with Crippen molar-refractivity contribution in [1.29, 1.82) is 0 Å². The molecule has 1 heterocycles. The molecule has 0 spiro atoms. The smallest absolute Gasteiger partial charge is 0.365 e. The molecule has 0 aliphatic rings. The zero-order chi connectivity index (χ0) is 20.0. The van der Waals surface area contributed by atoms with Gasteiger partial charge in [0.15, 0.2) is 0 Å². The molecule has 0 atom stereocenters. The van der Waals surface area contributed by atoms with Gasteiger partial charge in [0.05, 0.1) is 34.0 Å². The highest BCUT2D eigenvalue weighted by Crippen LogP contribution is 2.41. The number of aromatic hydroxyl groups is 2. The Morgan fingerprint density at radius 1 is 0.679 bits per heavy atom. The quantitative estimate of drug-likeness (QED) is 0.309. The van der Waals surface area contributed by atoms with Gasteiger partial charge in [0.1, 0.15) is 11.5 Å². The highest BCUT2D eigenvalue weighted by Gasteiger charge is 2.28. The Hall–Kier alpha value is -4.13. The molecule has 0 aliphatic carbocycles. The van der Waals surface area contributed by atoms with Gasteiger partial charge in [-0.25, -0.2) is 14.0 Å². The summed E-state index contributed by atoms with van der Waals surface area (Å²) in [5.74, 6) is -2.71. The monoisotopic (exact) mass is 377 g/mol. The van der Waals surface area contributed by atoms with Crippen LogP contribution >= 0.6 is 0 Å². The third-order valence-electron chi connectivity index (χ3n) is 4.46. The predicted octanol–water partition coefficient (Wildman–Crippen LogP) is 4.34. The lowest BCUT2D eigenvalue weighted by Gasteiger charge is -2.12. The number of aromatic carboxylic acids is 2. The van der Waals surface area contributed by atoms with Gasteiger partial charge in [0, 0.05) is 11.1 Å². The maximum Gasteiger partial charge on any atom is 0.365 e. The van der Waals surface area contributed by atoms with Crippen molar-refractivity contribution < 1.29 is 34.4 Å². The number of phenolic OH excluding ortho intramolecular Hbond substituents is 2. The van der Waals surface area contributed by atoms with Crippen molar-refractivity contribution in [3.63, 3.8) is 0 Å². The van der Waals surface area contributed by atoms with Crippen molar-refractivity contribution in [2.24, 2.45) is 0 Å². The second kappa shape index (κ2) is 6.24. The number of carboxylic acids is 2. The molecule has 0 unspecified atom stereocenters. The molecule has 0 aliphatic heterocycles. The lowest BCUT2D eigenvalue weighted by molar-refractivity contribution is 0.0696. The number of carbonyl (C=O) groups is 2. The van der Waals surface area contributed by atoms with Crippen molar-refractivity contribution in [2.75, 3.05) is 0 Å². The van der Waals surface area contributed by atoms with Crippen molar-refractivity contribution in [3.8, 4) is 22.6 Å². The van der Waals surface area contributed by atoms with Crippen LogP contribution in [0.25, 0.3) is 33.1 Å². The van der Waals surface area contributed by atoms with E-state index in [-0.39, 0.29) is 39.4 Å². The van der Waals surface area contributed by atoms with Crippen molar-refractivity contribution in [2.45, 2.75) is 0 Å². The van der Waals surface area contributed by atoms with Crippen LogP contribution in [0.1, 0.15) is 20.7 Å². The van der Waals surface area contributed by atoms with E-state index in [1.165, 1.54) is 54.6 Å². The predicted molar refractivity (Wildman–Crippen MR) is 101 cm³/mol. The Labute approximate surface area is 157 Å². The van der Waals surface area contributed by atoms with Gasteiger partial charge in [0.2, 0.25) is 0 Å². The summed E-state index contributed by atoms with van der Waals surface area (Å²) in [5.41, 5.74) is 0.398. The van der Waals surface area contributed by atoms with Crippen molar-refractivity contribution in [1.82, 2.24) is 0 Å². The molecule has 1 aromatic heterocycles. The van der Waals surface area contributed by atoms with E-state index in [0.29, 0.717) is 16.3 Å². The summed E-state index contributed by atoms with van der Waals surface area (Å²) in [6.07, 6.45) is 0. The van der Waals surface area contributed by atoms with Crippen LogP contribution in [0.2, 0.25) is 0 Å². The van der Waals surface area contributed by atoms with E-state index in [2.05, 4.69) is 0 Å². The normalized spacial score (nSPS) is 11.0. The summed E-state index contributed by atoms with van der Waals surface area (Å²) in [4.78, 5) is 23.7. The molecule has 0 radical (unpaired) electrons. The lowest BCUT2D eigenvalue weighted by Crippen LogP contribution is -2.07. The topological polar surface area (TPSA) is 126 Å². The van der Waals surface area contributed by atoms with E-state index in [9.17, 15) is 30.0 Å². The first kappa shape index (κ1) is 17.3. The first-order valence-corrected chi connectivity index (χ1v) is 8.18. The first-order chi connectivity index (χ1) is 13.4. The molecule has 3 aromatic carbocycles. The zero-order valence-electron chi connectivity index (χ0n) is 14.2. The molecule has 0 amide bonds. The van der Waals surface area contributed by atoms with Crippen LogP contribution < -0.4 is 0 Å². The van der Waals surface area contributed by atoms with Gasteiger partial charge in [0.25, 0.3) is 0 Å². The maximum absolute atomic E-state index is 11.9. The molecule has 0 bridgehead atoms. The van der Waals surface area contributed by atoms with Gasteiger partial charge >= 0.3 is 23.1 Å². The fraction of sp³-hybridized carbons (Fsp3) is 0. The minimum atomic E-state index is -1.28. The van der Waals surface area contributed by atoms with Crippen LogP contribution in [-0.2, 0) is 0 Å². The summed E-state index contributed by atoms with van der Waals surface area (Å²) < 4.78 is 5.76. The Balaban J connectivity index is 2.29. The summed E-state index contributed by atoms with van der Waals surface area (Å²) >= 11 is 0. The van der Waals surface area contributed by atoms with Crippen LogP contribution in [0, 0.1) is 0 Å². The molecule has 4 N–H and O–H groups in total. The van der Waals surface area contributed by atoms with Gasteiger partial charge < -0.3 is 20.4 Å². The Morgan fingerprint density at radius 2 is 1.14 bits per heavy atom. The summed E-state index contributed by atoms with van der Waals surface area (Å²) in [6.45, 7) is 0. The van der Waals surface area contributed by atoms with E-state index in [1.807, 2.05) is 0 Å². The molecule has 0 saturated heterocycles. The second-order valence-corrected chi connectivity index (χ2v) is 6.18. The van der Waals surface area contributed by atoms with Crippen LogP contribution in [0.15, 0.2) is 59.0 Å². The number of hydrogen-bond acceptors (Lipinski definition) is 4. The highest BCUT2D eigenvalue weighted by atomic mass is 16.4. The zero-order valence-corrected chi connectivity index (χ0v) is 14.2. The Kier molecular flexibility index (Phi) is 3.85. The maximum atomic E-state index is 11.9. The number of hydrogen-bond donors (Lipinski definition) is 4. The number of rotatable bonds is 3. The molecule has 28 heavy (non-hydrogen) atoms. The minimum Gasteiger partial charge on any atom is -0.508 e.